The molecule has 2 N–H and O–H groups in total. The lowest BCUT2D eigenvalue weighted by molar-refractivity contribution is -0.145. The van der Waals surface area contributed by atoms with Crippen LogP contribution in [0.1, 0.15) is 46.8 Å². The van der Waals surface area contributed by atoms with E-state index < -0.39 is 32.0 Å². The van der Waals surface area contributed by atoms with E-state index >= 15 is 0 Å². The molecule has 2 heterocycles. The summed E-state index contributed by atoms with van der Waals surface area (Å²) in [6.07, 6.45) is 1.62. The van der Waals surface area contributed by atoms with Crippen molar-refractivity contribution in [3.8, 4) is 0 Å². The minimum absolute atomic E-state index is 0.0564. The Bertz CT molecular complexity index is 898. The average molecular weight is 540 g/mol. The highest BCUT2D eigenvalue weighted by atomic mass is 32.2. The second kappa shape index (κ2) is 16.9. The van der Waals surface area contributed by atoms with Crippen LogP contribution in [0.25, 0.3) is 0 Å². The molecule has 0 aliphatic carbocycles. The molecule has 1 aromatic heterocycles. The maximum absolute atomic E-state index is 12.0. The molecule has 0 bridgehead atoms. The zero-order valence-corrected chi connectivity index (χ0v) is 22.4. The number of aromatic nitrogens is 2. The third kappa shape index (κ3) is 12.2. The zero-order chi connectivity index (χ0) is 26.4. The number of esters is 1. The number of ether oxygens (including phenoxy) is 2. The number of carbonyl (C=O) groups excluding carboxylic acids is 2. The van der Waals surface area contributed by atoms with Gasteiger partial charge in [0.15, 0.2) is 5.12 Å². The topological polar surface area (TPSA) is 138 Å². The number of H-pyrrole nitrogens is 1. The van der Waals surface area contributed by atoms with Gasteiger partial charge < -0.3 is 18.5 Å². The molecule has 200 valence electrons. The van der Waals surface area contributed by atoms with E-state index in [1.54, 1.807) is 13.8 Å². The van der Waals surface area contributed by atoms with Crippen LogP contribution in [0.5, 0.6) is 0 Å². The van der Waals surface area contributed by atoms with Crippen LogP contribution in [0, 0.1) is 5.92 Å². The molecule has 0 saturated carbocycles. The predicted molar refractivity (Wildman–Crippen MR) is 132 cm³/mol. The van der Waals surface area contributed by atoms with Gasteiger partial charge in [-0.2, -0.15) is 0 Å². The monoisotopic (exact) mass is 539 g/mol. The number of carbonyl (C=O) groups is 2. The van der Waals surface area contributed by atoms with Crippen molar-refractivity contribution in [1.29, 1.82) is 0 Å². The first kappa shape index (κ1) is 31.4. The summed E-state index contributed by atoms with van der Waals surface area (Å²) in [5.41, 5.74) is -0.995. The van der Waals surface area contributed by atoms with Gasteiger partial charge in [-0.1, -0.05) is 25.6 Å². The highest BCUT2D eigenvalue weighted by Crippen LogP contribution is 2.36. The summed E-state index contributed by atoms with van der Waals surface area (Å²) in [5.74, 6) is -0.0168. The quantitative estimate of drug-likeness (QED) is 0.218. The number of hydrogen-bond donors (Lipinski definition) is 2. The Morgan fingerprint density at radius 1 is 1.26 bits per heavy atom. The fourth-order valence-electron chi connectivity index (χ4n) is 2.81. The lowest BCUT2D eigenvalue weighted by Crippen LogP contribution is -2.31. The molecule has 3 unspecified atom stereocenters. The number of halogens is 1. The maximum atomic E-state index is 12.0. The van der Waals surface area contributed by atoms with Crippen molar-refractivity contribution in [1.82, 2.24) is 14.6 Å². The van der Waals surface area contributed by atoms with Gasteiger partial charge in [0.25, 0.3) is 14.1 Å². The first-order valence-corrected chi connectivity index (χ1v) is 13.3. The number of alkyl halides is 1. The van der Waals surface area contributed by atoms with Gasteiger partial charge in [0.1, 0.15) is 12.8 Å². The van der Waals surface area contributed by atoms with Crippen molar-refractivity contribution in [2.75, 3.05) is 32.7 Å². The van der Waals surface area contributed by atoms with Crippen LogP contribution in [0.4, 0.5) is 4.39 Å². The molecule has 0 radical (unpaired) electrons. The van der Waals surface area contributed by atoms with Crippen LogP contribution in [-0.4, -0.2) is 65.5 Å². The normalized spacial score (nSPS) is 18.3. The van der Waals surface area contributed by atoms with Gasteiger partial charge in [0.2, 0.25) is 0 Å². The fraction of sp³-hybridized carbons (Fsp3) is 0.714. The molecule has 1 aliphatic heterocycles. The molecule has 2 rings (SSSR count). The van der Waals surface area contributed by atoms with Gasteiger partial charge in [-0.15, -0.1) is 0 Å². The number of nitrogens with zero attached hydrogens (tertiary/aromatic N) is 1. The first-order valence-electron chi connectivity index (χ1n) is 11.2. The van der Waals surface area contributed by atoms with Gasteiger partial charge in [-0.05, 0) is 26.7 Å². The molecule has 14 heteroatoms. The standard InChI is InChI=1S/C20H32N3O8PS.CH3F/c1-13(2)19(26)33-10-9-28-32(21-11-18(25)30-14(3)4)29-12-15-5-6-17(31-15)23-8-7-16(24)22-20(23)27;1-2/h7-8,13-15,17,21H,5-6,9-12H2,1-4H3,(H,22,24,27);1H3. The van der Waals surface area contributed by atoms with Crippen LogP contribution in [-0.2, 0) is 28.1 Å². The minimum atomic E-state index is -1.63. The van der Waals surface area contributed by atoms with Gasteiger partial charge in [-0.3, -0.25) is 28.3 Å². The zero-order valence-electron chi connectivity index (χ0n) is 20.7. The van der Waals surface area contributed by atoms with E-state index in [4.69, 9.17) is 18.5 Å². The largest absolute Gasteiger partial charge is 0.462 e. The second-order valence-electron chi connectivity index (χ2n) is 7.89. The molecule has 3 atom stereocenters. The molecular weight excluding hydrogens is 504 g/mol. The highest BCUT2D eigenvalue weighted by Gasteiger charge is 2.28. The summed E-state index contributed by atoms with van der Waals surface area (Å²) in [7, 11) is -1.13. The first-order chi connectivity index (χ1) is 16.7. The Labute approximate surface area is 209 Å². The average Bonchev–Trinajstić information content (AvgIpc) is 3.27. The van der Waals surface area contributed by atoms with Gasteiger partial charge in [0, 0.05) is 23.9 Å². The van der Waals surface area contributed by atoms with E-state index in [2.05, 4.69) is 10.1 Å². The maximum Gasteiger partial charge on any atom is 0.330 e. The molecule has 1 fully saturated rings. The fourth-order valence-corrected chi connectivity index (χ4v) is 4.71. The lowest BCUT2D eigenvalue weighted by atomic mass is 10.2. The minimum Gasteiger partial charge on any atom is -0.462 e. The third-order valence-electron chi connectivity index (χ3n) is 4.35. The number of rotatable bonds is 13. The van der Waals surface area contributed by atoms with Crippen molar-refractivity contribution < 1.29 is 32.5 Å². The SMILES string of the molecule is CC(C)OC(=O)CNP(OCCSC(=O)C(C)C)OCC1CCC(n2ccc(=O)[nH]c2=O)O1.CF. The van der Waals surface area contributed by atoms with E-state index in [0.717, 1.165) is 0 Å². The Hall–Kier alpha value is -1.63. The molecule has 1 saturated heterocycles. The molecule has 0 amide bonds. The molecule has 1 aromatic rings. The summed E-state index contributed by atoms with van der Waals surface area (Å²) in [4.78, 5) is 49.0. The van der Waals surface area contributed by atoms with Crippen LogP contribution in [0.2, 0.25) is 0 Å². The second-order valence-corrected chi connectivity index (χ2v) is 10.3. The van der Waals surface area contributed by atoms with Gasteiger partial charge in [0.05, 0.1) is 32.6 Å². The number of nitrogens with one attached hydrogen (secondary N) is 2. The smallest absolute Gasteiger partial charge is 0.330 e. The van der Waals surface area contributed by atoms with Crippen LogP contribution in [0.3, 0.4) is 0 Å². The lowest BCUT2D eigenvalue weighted by Gasteiger charge is -2.21. The van der Waals surface area contributed by atoms with E-state index in [1.165, 1.54) is 28.6 Å². The Morgan fingerprint density at radius 3 is 2.60 bits per heavy atom. The van der Waals surface area contributed by atoms with Crippen LogP contribution >= 0.6 is 20.3 Å². The highest BCUT2D eigenvalue weighted by molar-refractivity contribution is 8.13. The van der Waals surface area contributed by atoms with Crippen molar-refractivity contribution in [3.05, 3.63) is 33.1 Å². The number of thioether (sulfide) groups is 1. The Morgan fingerprint density at radius 2 is 1.97 bits per heavy atom. The summed E-state index contributed by atoms with van der Waals surface area (Å²) >= 11 is 1.19. The Balaban J connectivity index is 0.00000298. The molecule has 0 aromatic carbocycles. The van der Waals surface area contributed by atoms with E-state index in [-0.39, 0.29) is 43.0 Å². The van der Waals surface area contributed by atoms with Gasteiger partial charge >= 0.3 is 11.7 Å². The molecule has 35 heavy (non-hydrogen) atoms. The summed E-state index contributed by atoms with van der Waals surface area (Å²) in [6, 6.07) is 1.27. The van der Waals surface area contributed by atoms with Crippen LogP contribution < -0.4 is 16.3 Å². The number of hydrogen-bond acceptors (Lipinski definition) is 10. The van der Waals surface area contributed by atoms with E-state index in [0.29, 0.717) is 25.8 Å². The molecule has 11 nitrogen and oxygen atoms in total. The summed E-state index contributed by atoms with van der Waals surface area (Å²) in [5, 5.41) is 3.00. The third-order valence-corrected chi connectivity index (χ3v) is 6.70. The van der Waals surface area contributed by atoms with Crippen molar-refractivity contribution in [3.63, 3.8) is 0 Å². The van der Waals surface area contributed by atoms with Crippen molar-refractivity contribution in [2.24, 2.45) is 5.92 Å². The van der Waals surface area contributed by atoms with Crippen molar-refractivity contribution in [2.45, 2.75) is 59.0 Å². The molecule has 1 aliphatic rings. The molecular formula is C21H35FN3O8PS. The summed E-state index contributed by atoms with van der Waals surface area (Å²) in [6.45, 7) is 7.57. The summed E-state index contributed by atoms with van der Waals surface area (Å²) < 4.78 is 33.4. The molecule has 0 spiro atoms. The van der Waals surface area contributed by atoms with Crippen molar-refractivity contribution >= 4 is 31.4 Å². The van der Waals surface area contributed by atoms with E-state index in [1.807, 2.05) is 13.8 Å². The van der Waals surface area contributed by atoms with E-state index in [9.17, 15) is 23.6 Å². The predicted octanol–water partition coefficient (Wildman–Crippen LogP) is 2.52. The van der Waals surface area contributed by atoms with Gasteiger partial charge in [-0.25, -0.2) is 9.88 Å². The number of aromatic amines is 1. The van der Waals surface area contributed by atoms with Crippen LogP contribution in [0.15, 0.2) is 21.9 Å². The Kier molecular flexibility index (Phi) is 15.2.